The van der Waals surface area contributed by atoms with E-state index in [0.717, 1.165) is 0 Å². The molecule has 1 atom stereocenters. The van der Waals surface area contributed by atoms with Crippen molar-refractivity contribution in [2.45, 2.75) is 38.9 Å². The van der Waals surface area contributed by atoms with Crippen molar-refractivity contribution in [3.05, 3.63) is 0 Å². The number of esters is 1. The zero-order valence-electron chi connectivity index (χ0n) is 10.9. The van der Waals surface area contributed by atoms with Gasteiger partial charge in [-0.3, -0.25) is 19.7 Å². The summed E-state index contributed by atoms with van der Waals surface area (Å²) in [5.74, 6) is -1.97. The Hall–Kier alpha value is -2.12. The first kappa shape index (κ1) is 14.9. The van der Waals surface area contributed by atoms with Crippen molar-refractivity contribution in [3.8, 4) is 0 Å². The van der Waals surface area contributed by atoms with Gasteiger partial charge in [-0.15, -0.1) is 0 Å². The van der Waals surface area contributed by atoms with Gasteiger partial charge in [-0.05, 0) is 20.8 Å². The molecule has 0 saturated carbocycles. The second-order valence-electron chi connectivity index (χ2n) is 4.95. The van der Waals surface area contributed by atoms with Crippen LogP contribution in [-0.4, -0.2) is 42.1 Å². The Balaban J connectivity index is 2.30. The van der Waals surface area contributed by atoms with Gasteiger partial charge in [-0.2, -0.15) is 0 Å². The highest BCUT2D eigenvalue weighted by Crippen LogP contribution is 2.07. The summed E-state index contributed by atoms with van der Waals surface area (Å²) in [5.41, 5.74) is -0.675. The number of hydrogen-bond acceptors (Lipinski definition) is 6. The Morgan fingerprint density at radius 1 is 1.37 bits per heavy atom. The highest BCUT2D eigenvalue weighted by atomic mass is 16.6. The maximum atomic E-state index is 11.3. The van der Waals surface area contributed by atoms with Crippen LogP contribution < -0.4 is 10.6 Å². The molecule has 0 aromatic heterocycles. The molecule has 0 bridgehead atoms. The number of nitrogens with one attached hydrogen (secondary N) is 2. The second-order valence-corrected chi connectivity index (χ2v) is 4.95. The van der Waals surface area contributed by atoms with E-state index in [1.165, 1.54) is 0 Å². The Morgan fingerprint density at radius 3 is 2.47 bits per heavy atom. The van der Waals surface area contributed by atoms with Gasteiger partial charge in [0.25, 0.3) is 5.91 Å². The van der Waals surface area contributed by atoms with Crippen LogP contribution in [-0.2, 0) is 23.9 Å². The normalized spacial score (nSPS) is 18.8. The topological polar surface area (TPSA) is 111 Å². The summed E-state index contributed by atoms with van der Waals surface area (Å²) in [6.45, 7) is 4.60. The van der Waals surface area contributed by atoms with Crippen LogP contribution in [0.3, 0.4) is 0 Å². The van der Waals surface area contributed by atoms with Crippen molar-refractivity contribution in [1.29, 1.82) is 0 Å². The molecule has 1 fully saturated rings. The lowest BCUT2D eigenvalue weighted by molar-refractivity contribution is -0.153. The number of carbonyl (C=O) groups excluding carboxylic acids is 4. The molecule has 0 radical (unpaired) electrons. The minimum absolute atomic E-state index is 0.197. The van der Waals surface area contributed by atoms with E-state index in [1.807, 2.05) is 5.32 Å². The highest BCUT2D eigenvalue weighted by Gasteiger charge is 2.33. The maximum absolute atomic E-state index is 11.3. The third-order valence-electron chi connectivity index (χ3n) is 1.98. The lowest BCUT2D eigenvalue weighted by atomic mass is 10.2. The highest BCUT2D eigenvalue weighted by molar-refractivity contribution is 6.05. The Labute approximate surface area is 109 Å². The third kappa shape index (κ3) is 5.36. The zero-order valence-corrected chi connectivity index (χ0v) is 10.9. The van der Waals surface area contributed by atoms with Crippen molar-refractivity contribution >= 4 is 23.9 Å². The van der Waals surface area contributed by atoms with E-state index in [4.69, 9.17) is 9.47 Å². The number of ether oxygens (including phenoxy) is 2. The van der Waals surface area contributed by atoms with E-state index in [0.29, 0.717) is 0 Å². The number of imide groups is 1. The molecule has 1 aliphatic rings. The maximum Gasteiger partial charge on any atom is 0.408 e. The Bertz CT molecular complexity index is 412. The van der Waals surface area contributed by atoms with E-state index in [1.54, 1.807) is 20.8 Å². The predicted octanol–water partition coefficient (Wildman–Crippen LogP) is -0.531. The SMILES string of the molecule is CC(C)(C)OC(=O)NCC(=O)O[C@@H]1CC(=O)NC1=O. The van der Waals surface area contributed by atoms with E-state index >= 15 is 0 Å². The molecule has 1 saturated heterocycles. The molecule has 0 spiro atoms. The first-order valence-electron chi connectivity index (χ1n) is 5.67. The van der Waals surface area contributed by atoms with Gasteiger partial charge in [0.1, 0.15) is 12.1 Å². The van der Waals surface area contributed by atoms with Gasteiger partial charge in [0.05, 0.1) is 6.42 Å². The average Bonchev–Trinajstić information content (AvgIpc) is 2.52. The summed E-state index contributed by atoms with van der Waals surface area (Å²) in [5, 5.41) is 4.19. The molecular weight excluding hydrogens is 256 g/mol. The summed E-state index contributed by atoms with van der Waals surface area (Å²) in [6, 6.07) is 0. The van der Waals surface area contributed by atoms with Gasteiger partial charge in [0.15, 0.2) is 6.10 Å². The van der Waals surface area contributed by atoms with Gasteiger partial charge in [-0.25, -0.2) is 4.79 Å². The first-order chi connectivity index (χ1) is 8.67. The molecule has 8 nitrogen and oxygen atoms in total. The van der Waals surface area contributed by atoms with E-state index in [9.17, 15) is 19.2 Å². The molecule has 19 heavy (non-hydrogen) atoms. The summed E-state index contributed by atoms with van der Waals surface area (Å²) in [7, 11) is 0. The van der Waals surface area contributed by atoms with Crippen LogP contribution in [0.25, 0.3) is 0 Å². The molecule has 0 aromatic rings. The van der Waals surface area contributed by atoms with Crippen molar-refractivity contribution in [2.75, 3.05) is 6.54 Å². The van der Waals surface area contributed by atoms with Crippen LogP contribution in [0.1, 0.15) is 27.2 Å². The molecular formula is C11H16N2O6. The van der Waals surface area contributed by atoms with Gasteiger partial charge < -0.3 is 14.8 Å². The zero-order chi connectivity index (χ0) is 14.6. The minimum atomic E-state index is -1.12. The van der Waals surface area contributed by atoms with Gasteiger partial charge in [-0.1, -0.05) is 0 Å². The summed E-state index contributed by atoms with van der Waals surface area (Å²) in [4.78, 5) is 44.6. The van der Waals surface area contributed by atoms with Gasteiger partial charge in [0.2, 0.25) is 5.91 Å². The molecule has 3 amide bonds. The Morgan fingerprint density at radius 2 is 2.00 bits per heavy atom. The predicted molar refractivity (Wildman–Crippen MR) is 61.9 cm³/mol. The molecule has 8 heteroatoms. The van der Waals surface area contributed by atoms with E-state index in [2.05, 4.69) is 5.32 Å². The quantitative estimate of drug-likeness (QED) is 0.527. The summed E-state index contributed by atoms with van der Waals surface area (Å²) in [6.07, 6.45) is -2.09. The lowest BCUT2D eigenvalue weighted by Crippen LogP contribution is -2.37. The van der Waals surface area contributed by atoms with Crippen molar-refractivity contribution in [2.24, 2.45) is 0 Å². The summed E-state index contributed by atoms with van der Waals surface area (Å²) < 4.78 is 9.64. The van der Waals surface area contributed by atoms with Crippen molar-refractivity contribution in [1.82, 2.24) is 10.6 Å². The molecule has 2 N–H and O–H groups in total. The molecule has 1 rings (SSSR count). The van der Waals surface area contributed by atoms with E-state index < -0.39 is 42.1 Å². The fraction of sp³-hybridized carbons (Fsp3) is 0.636. The molecule has 1 heterocycles. The van der Waals surface area contributed by atoms with Crippen LogP contribution in [0, 0.1) is 0 Å². The van der Waals surface area contributed by atoms with Crippen LogP contribution in [0.5, 0.6) is 0 Å². The number of amides is 3. The second kappa shape index (κ2) is 5.68. The number of rotatable bonds is 3. The molecule has 0 aliphatic carbocycles. The number of alkyl carbamates (subject to hydrolysis) is 1. The van der Waals surface area contributed by atoms with Crippen LogP contribution in [0.4, 0.5) is 4.79 Å². The van der Waals surface area contributed by atoms with Gasteiger partial charge >= 0.3 is 12.1 Å². The van der Waals surface area contributed by atoms with Crippen LogP contribution in [0.15, 0.2) is 0 Å². The fourth-order valence-electron chi connectivity index (χ4n) is 1.28. The first-order valence-corrected chi connectivity index (χ1v) is 5.67. The minimum Gasteiger partial charge on any atom is -0.450 e. The van der Waals surface area contributed by atoms with Crippen LogP contribution >= 0.6 is 0 Å². The number of carbonyl (C=O) groups is 4. The standard InChI is InChI=1S/C11H16N2O6/c1-11(2,3)19-10(17)12-5-8(15)18-6-4-7(14)13-9(6)16/h6H,4-5H2,1-3H3,(H,12,17)(H,13,14,16)/t6-/m1/s1. The monoisotopic (exact) mass is 272 g/mol. The third-order valence-corrected chi connectivity index (χ3v) is 1.98. The molecule has 106 valence electrons. The Kier molecular flexibility index (Phi) is 4.47. The largest absolute Gasteiger partial charge is 0.450 e. The average molecular weight is 272 g/mol. The fourth-order valence-corrected chi connectivity index (χ4v) is 1.28. The lowest BCUT2D eigenvalue weighted by Gasteiger charge is -2.19. The molecule has 0 unspecified atom stereocenters. The van der Waals surface area contributed by atoms with Gasteiger partial charge in [0, 0.05) is 0 Å². The smallest absolute Gasteiger partial charge is 0.408 e. The molecule has 1 aliphatic heterocycles. The number of hydrogen-bond donors (Lipinski definition) is 2. The molecule has 0 aromatic carbocycles. The summed E-state index contributed by atoms with van der Waals surface area (Å²) >= 11 is 0. The van der Waals surface area contributed by atoms with Crippen molar-refractivity contribution in [3.63, 3.8) is 0 Å². The van der Waals surface area contributed by atoms with E-state index in [-0.39, 0.29) is 6.42 Å². The van der Waals surface area contributed by atoms with Crippen molar-refractivity contribution < 1.29 is 28.7 Å². The van der Waals surface area contributed by atoms with Crippen LogP contribution in [0.2, 0.25) is 0 Å².